The van der Waals surface area contributed by atoms with Crippen molar-refractivity contribution >= 4 is 17.7 Å². The molecule has 2 aromatic carbocycles. The van der Waals surface area contributed by atoms with Crippen LogP contribution in [0.25, 0.3) is 5.69 Å². The molecule has 0 spiro atoms. The maximum atomic E-state index is 12.2. The van der Waals surface area contributed by atoms with Crippen LogP contribution in [-0.4, -0.2) is 20.6 Å². The fourth-order valence-corrected chi connectivity index (χ4v) is 4.41. The number of imidazole rings is 1. The molecule has 28 heavy (non-hydrogen) atoms. The van der Waals surface area contributed by atoms with Gasteiger partial charge >= 0.3 is 5.97 Å². The van der Waals surface area contributed by atoms with E-state index < -0.39 is 5.97 Å². The summed E-state index contributed by atoms with van der Waals surface area (Å²) in [5.74, 6) is -0.181. The maximum Gasteiger partial charge on any atom is 0.354 e. The van der Waals surface area contributed by atoms with E-state index in [1.54, 1.807) is 11.8 Å². The highest BCUT2D eigenvalue weighted by atomic mass is 32.2. The second kappa shape index (κ2) is 9.11. The van der Waals surface area contributed by atoms with Crippen molar-refractivity contribution in [1.29, 1.82) is 0 Å². The van der Waals surface area contributed by atoms with Crippen molar-refractivity contribution in [2.24, 2.45) is 0 Å². The molecule has 1 aromatic heterocycles. The first-order chi connectivity index (χ1) is 13.6. The Morgan fingerprint density at radius 3 is 2.14 bits per heavy atom. The minimum Gasteiger partial charge on any atom is -0.477 e. The highest BCUT2D eigenvalue weighted by Crippen LogP contribution is 2.32. The van der Waals surface area contributed by atoms with Gasteiger partial charge in [-0.3, -0.25) is 4.57 Å². The lowest BCUT2D eigenvalue weighted by atomic mass is 10.0. The first-order valence-corrected chi connectivity index (χ1v) is 10.7. The predicted octanol–water partition coefficient (Wildman–Crippen LogP) is 5.55. The Kier molecular flexibility index (Phi) is 6.57. The monoisotopic (exact) mass is 394 g/mol. The van der Waals surface area contributed by atoms with Crippen LogP contribution in [-0.2, 0) is 25.0 Å². The fourth-order valence-electron chi connectivity index (χ4n) is 3.44. The first-order valence-electron chi connectivity index (χ1n) is 9.73. The van der Waals surface area contributed by atoms with Crippen molar-refractivity contribution < 1.29 is 9.90 Å². The standard InChI is InChI=1S/C23H26N2O2S/c1-4-17-13-10-14-18(5-2)20(17)25-21(22(26)27)19(6-3)24-23(25)28-15-16-11-8-7-9-12-16/h7-14H,4-6,15H2,1-3H3,(H,26,27). The molecule has 0 bridgehead atoms. The summed E-state index contributed by atoms with van der Waals surface area (Å²) in [6.45, 7) is 6.16. The molecular weight excluding hydrogens is 368 g/mol. The zero-order valence-electron chi connectivity index (χ0n) is 16.6. The lowest BCUT2D eigenvalue weighted by Gasteiger charge is -2.18. The van der Waals surface area contributed by atoms with Crippen LogP contribution in [0.15, 0.2) is 53.7 Å². The molecule has 0 aliphatic heterocycles. The summed E-state index contributed by atoms with van der Waals surface area (Å²) in [4.78, 5) is 16.9. The molecular formula is C23H26N2O2S. The van der Waals surface area contributed by atoms with E-state index in [9.17, 15) is 9.90 Å². The van der Waals surface area contributed by atoms with E-state index in [1.807, 2.05) is 29.7 Å². The van der Waals surface area contributed by atoms with Gasteiger partial charge in [0.05, 0.1) is 11.4 Å². The van der Waals surface area contributed by atoms with Crippen molar-refractivity contribution in [2.75, 3.05) is 0 Å². The predicted molar refractivity (Wildman–Crippen MR) is 115 cm³/mol. The SMILES string of the molecule is CCc1cccc(CC)c1-n1c(SCc2ccccc2)nc(CC)c1C(=O)O. The minimum atomic E-state index is -0.927. The van der Waals surface area contributed by atoms with Gasteiger partial charge in [-0.2, -0.15) is 0 Å². The summed E-state index contributed by atoms with van der Waals surface area (Å²) >= 11 is 1.59. The van der Waals surface area contributed by atoms with E-state index in [2.05, 4.69) is 44.2 Å². The Morgan fingerprint density at radius 1 is 0.964 bits per heavy atom. The third kappa shape index (κ3) is 3.99. The Labute approximate surface area is 170 Å². The summed E-state index contributed by atoms with van der Waals surface area (Å²) < 4.78 is 1.88. The molecule has 0 fully saturated rings. The molecule has 3 aromatic rings. The molecule has 0 saturated heterocycles. The third-order valence-corrected chi connectivity index (χ3v) is 5.87. The number of nitrogens with zero attached hydrogens (tertiary/aromatic N) is 2. The molecule has 0 radical (unpaired) electrons. The second-order valence-corrected chi connectivity index (χ2v) is 7.53. The molecule has 0 amide bonds. The Balaban J connectivity index is 2.18. The van der Waals surface area contributed by atoms with E-state index in [-0.39, 0.29) is 5.69 Å². The quantitative estimate of drug-likeness (QED) is 0.509. The fraction of sp³-hybridized carbons (Fsp3) is 0.304. The van der Waals surface area contributed by atoms with Gasteiger partial charge in [-0.1, -0.05) is 81.1 Å². The lowest BCUT2D eigenvalue weighted by molar-refractivity contribution is 0.0686. The number of aromatic nitrogens is 2. The largest absolute Gasteiger partial charge is 0.477 e. The van der Waals surface area contributed by atoms with Crippen LogP contribution < -0.4 is 0 Å². The summed E-state index contributed by atoms with van der Waals surface area (Å²) in [5, 5.41) is 10.7. The summed E-state index contributed by atoms with van der Waals surface area (Å²) in [7, 11) is 0. The summed E-state index contributed by atoms with van der Waals surface area (Å²) in [5.41, 5.74) is 5.38. The number of aryl methyl sites for hydroxylation is 3. The average molecular weight is 395 g/mol. The molecule has 0 saturated carbocycles. The smallest absolute Gasteiger partial charge is 0.354 e. The molecule has 0 aliphatic carbocycles. The van der Waals surface area contributed by atoms with Gasteiger partial charge in [0.1, 0.15) is 0 Å². The summed E-state index contributed by atoms with van der Waals surface area (Å²) in [6, 6.07) is 16.4. The van der Waals surface area contributed by atoms with E-state index in [4.69, 9.17) is 4.98 Å². The minimum absolute atomic E-state index is 0.286. The van der Waals surface area contributed by atoms with Crippen LogP contribution in [0, 0.1) is 0 Å². The van der Waals surface area contributed by atoms with Gasteiger partial charge in [0.2, 0.25) is 0 Å². The average Bonchev–Trinajstić information content (AvgIpc) is 3.10. The van der Waals surface area contributed by atoms with E-state index in [0.29, 0.717) is 12.1 Å². The number of aromatic carboxylic acids is 1. The molecule has 4 nitrogen and oxygen atoms in total. The van der Waals surface area contributed by atoms with Crippen LogP contribution >= 0.6 is 11.8 Å². The molecule has 0 aliphatic rings. The topological polar surface area (TPSA) is 55.1 Å². The van der Waals surface area contributed by atoms with Gasteiger partial charge in [-0.15, -0.1) is 0 Å². The van der Waals surface area contributed by atoms with Crippen LogP contribution in [0.5, 0.6) is 0 Å². The van der Waals surface area contributed by atoms with Gasteiger partial charge in [0, 0.05) is 5.75 Å². The van der Waals surface area contributed by atoms with Crippen molar-refractivity contribution in [2.45, 2.75) is 50.9 Å². The molecule has 0 unspecified atom stereocenters. The van der Waals surface area contributed by atoms with Gasteiger partial charge in [-0.05, 0) is 36.0 Å². The van der Waals surface area contributed by atoms with Crippen LogP contribution in [0.1, 0.15) is 53.6 Å². The number of thioether (sulfide) groups is 1. The molecule has 3 rings (SSSR count). The van der Waals surface area contributed by atoms with Crippen molar-refractivity contribution in [3.05, 3.63) is 76.6 Å². The van der Waals surface area contributed by atoms with E-state index >= 15 is 0 Å². The van der Waals surface area contributed by atoms with Gasteiger partial charge < -0.3 is 5.11 Å². The van der Waals surface area contributed by atoms with Crippen LogP contribution in [0.3, 0.4) is 0 Å². The first kappa shape index (κ1) is 20.2. The maximum absolute atomic E-state index is 12.2. The summed E-state index contributed by atoms with van der Waals surface area (Å²) in [6.07, 6.45) is 2.26. The van der Waals surface area contributed by atoms with E-state index in [1.165, 1.54) is 5.56 Å². The van der Waals surface area contributed by atoms with E-state index in [0.717, 1.165) is 40.6 Å². The van der Waals surface area contributed by atoms with Crippen LogP contribution in [0.4, 0.5) is 0 Å². The molecule has 1 N–H and O–H groups in total. The van der Waals surface area contributed by atoms with Gasteiger partial charge in [-0.25, -0.2) is 9.78 Å². The Morgan fingerprint density at radius 2 is 1.61 bits per heavy atom. The second-order valence-electron chi connectivity index (χ2n) is 6.59. The third-order valence-electron chi connectivity index (χ3n) is 4.86. The number of hydrogen-bond acceptors (Lipinski definition) is 3. The number of hydrogen-bond donors (Lipinski definition) is 1. The van der Waals surface area contributed by atoms with Crippen molar-refractivity contribution in [3.8, 4) is 5.69 Å². The number of carbonyl (C=O) groups is 1. The number of carboxylic acids is 1. The molecule has 5 heteroatoms. The highest BCUT2D eigenvalue weighted by molar-refractivity contribution is 7.98. The Bertz CT molecular complexity index is 942. The molecule has 0 atom stereocenters. The normalized spacial score (nSPS) is 11.0. The highest BCUT2D eigenvalue weighted by Gasteiger charge is 2.25. The number of para-hydroxylation sites is 1. The number of carboxylic acid groups (broad SMARTS) is 1. The zero-order chi connectivity index (χ0) is 20.1. The number of benzene rings is 2. The molecule has 1 heterocycles. The molecule has 146 valence electrons. The number of rotatable bonds is 8. The van der Waals surface area contributed by atoms with Gasteiger partial charge in [0.15, 0.2) is 10.9 Å². The lowest BCUT2D eigenvalue weighted by Crippen LogP contribution is -2.13. The zero-order valence-corrected chi connectivity index (χ0v) is 17.4. The Hall–Kier alpha value is -2.53. The van der Waals surface area contributed by atoms with Gasteiger partial charge in [0.25, 0.3) is 0 Å². The van der Waals surface area contributed by atoms with Crippen LogP contribution in [0.2, 0.25) is 0 Å². The van der Waals surface area contributed by atoms with Crippen molar-refractivity contribution in [3.63, 3.8) is 0 Å². The van der Waals surface area contributed by atoms with Crippen molar-refractivity contribution in [1.82, 2.24) is 9.55 Å².